The molecule has 1 unspecified atom stereocenters. The summed E-state index contributed by atoms with van der Waals surface area (Å²) in [6.07, 6.45) is 2.04. The molecule has 6 nitrogen and oxygen atoms in total. The second kappa shape index (κ2) is 7.58. The highest BCUT2D eigenvalue weighted by Crippen LogP contribution is 2.26. The molecule has 1 aromatic heterocycles. The van der Waals surface area contributed by atoms with E-state index in [1.54, 1.807) is 18.2 Å². The Morgan fingerprint density at radius 2 is 1.86 bits per heavy atom. The molecule has 0 spiro atoms. The quantitative estimate of drug-likeness (QED) is 0.714. The molecule has 2 heterocycles. The minimum atomic E-state index is -3.50. The molecule has 1 N–H and O–H groups in total. The SMILES string of the molecule is CC(Nc1ccc2ccn(C)c2c1)c1cccc(S(=O)(=O)N2CCOCC2)c1. The number of benzene rings is 2. The molecule has 2 aromatic carbocycles. The molecule has 1 fully saturated rings. The molecule has 1 atom stereocenters. The van der Waals surface area contributed by atoms with E-state index < -0.39 is 10.0 Å². The molecule has 0 radical (unpaired) electrons. The molecule has 1 saturated heterocycles. The average Bonchev–Trinajstić information content (AvgIpc) is 3.09. The zero-order valence-corrected chi connectivity index (χ0v) is 16.9. The van der Waals surface area contributed by atoms with Crippen LogP contribution in [0.15, 0.2) is 59.6 Å². The lowest BCUT2D eigenvalue weighted by Crippen LogP contribution is -2.40. The third kappa shape index (κ3) is 3.65. The molecule has 1 aliphatic heterocycles. The Morgan fingerprint density at radius 1 is 1.07 bits per heavy atom. The van der Waals surface area contributed by atoms with Gasteiger partial charge in [-0.15, -0.1) is 0 Å². The van der Waals surface area contributed by atoms with Crippen LogP contribution < -0.4 is 5.32 Å². The van der Waals surface area contributed by atoms with Crippen molar-refractivity contribution in [2.75, 3.05) is 31.6 Å². The van der Waals surface area contributed by atoms with Gasteiger partial charge in [0, 0.05) is 43.6 Å². The molecule has 0 aliphatic carbocycles. The second-order valence-electron chi connectivity index (χ2n) is 7.16. The summed E-state index contributed by atoms with van der Waals surface area (Å²) in [6.45, 7) is 3.72. The van der Waals surface area contributed by atoms with Crippen LogP contribution in [0.3, 0.4) is 0 Å². The smallest absolute Gasteiger partial charge is 0.243 e. The normalized spacial score (nSPS) is 16.9. The van der Waals surface area contributed by atoms with Crippen LogP contribution in [0.2, 0.25) is 0 Å². The first-order chi connectivity index (χ1) is 13.4. The van der Waals surface area contributed by atoms with Crippen molar-refractivity contribution in [3.8, 4) is 0 Å². The summed E-state index contributed by atoms with van der Waals surface area (Å²) in [6, 6.07) is 15.5. The summed E-state index contributed by atoms with van der Waals surface area (Å²) < 4.78 is 34.7. The molecule has 7 heteroatoms. The molecule has 148 valence electrons. The Labute approximate surface area is 165 Å². The maximum absolute atomic E-state index is 12.9. The van der Waals surface area contributed by atoms with Crippen molar-refractivity contribution in [2.24, 2.45) is 7.05 Å². The van der Waals surface area contributed by atoms with Gasteiger partial charge in [-0.25, -0.2) is 8.42 Å². The Morgan fingerprint density at radius 3 is 2.64 bits per heavy atom. The standard InChI is InChI=1S/C21H25N3O3S/c1-16(22-19-7-6-17-8-9-23(2)21(17)15-19)18-4-3-5-20(14-18)28(25,26)24-10-12-27-13-11-24/h3-9,14-16,22H,10-13H2,1-2H3. The van der Waals surface area contributed by atoms with Gasteiger partial charge < -0.3 is 14.6 Å². The van der Waals surface area contributed by atoms with Crippen LogP contribution >= 0.6 is 0 Å². The highest BCUT2D eigenvalue weighted by molar-refractivity contribution is 7.89. The van der Waals surface area contributed by atoms with Gasteiger partial charge in [0.15, 0.2) is 0 Å². The van der Waals surface area contributed by atoms with Crippen molar-refractivity contribution in [2.45, 2.75) is 17.9 Å². The molecule has 28 heavy (non-hydrogen) atoms. The predicted molar refractivity (Wildman–Crippen MR) is 111 cm³/mol. The number of nitrogens with one attached hydrogen (secondary N) is 1. The van der Waals surface area contributed by atoms with Crippen LogP contribution in [0.5, 0.6) is 0 Å². The third-order valence-electron chi connectivity index (χ3n) is 5.24. The number of hydrogen-bond acceptors (Lipinski definition) is 4. The lowest BCUT2D eigenvalue weighted by Gasteiger charge is -2.26. The van der Waals surface area contributed by atoms with E-state index in [-0.39, 0.29) is 6.04 Å². The first kappa shape index (κ1) is 19.0. The van der Waals surface area contributed by atoms with E-state index >= 15 is 0 Å². The maximum atomic E-state index is 12.9. The summed E-state index contributed by atoms with van der Waals surface area (Å²) >= 11 is 0. The third-order valence-corrected chi connectivity index (χ3v) is 7.13. The van der Waals surface area contributed by atoms with E-state index in [2.05, 4.69) is 28.1 Å². The Balaban J connectivity index is 1.56. The van der Waals surface area contributed by atoms with Crippen LogP contribution in [0.4, 0.5) is 5.69 Å². The zero-order chi connectivity index (χ0) is 19.7. The molecule has 3 aromatic rings. The first-order valence-corrected chi connectivity index (χ1v) is 10.9. The molecule has 1 aliphatic rings. The lowest BCUT2D eigenvalue weighted by molar-refractivity contribution is 0.0730. The number of ether oxygens (including phenoxy) is 1. The Bertz CT molecular complexity index is 1090. The van der Waals surface area contributed by atoms with E-state index in [1.165, 1.54) is 9.69 Å². The molecular formula is C21H25N3O3S. The van der Waals surface area contributed by atoms with Crippen LogP contribution in [-0.4, -0.2) is 43.6 Å². The van der Waals surface area contributed by atoms with Crippen LogP contribution in [-0.2, 0) is 21.8 Å². The Hall–Kier alpha value is -2.35. The summed E-state index contributed by atoms with van der Waals surface area (Å²) in [5, 5.41) is 4.68. The zero-order valence-electron chi connectivity index (χ0n) is 16.1. The van der Waals surface area contributed by atoms with E-state index in [9.17, 15) is 8.42 Å². The maximum Gasteiger partial charge on any atom is 0.243 e. The van der Waals surface area contributed by atoms with Crippen molar-refractivity contribution < 1.29 is 13.2 Å². The molecule has 0 bridgehead atoms. The van der Waals surface area contributed by atoms with Gasteiger partial charge in [0.1, 0.15) is 0 Å². The Kier molecular flexibility index (Phi) is 5.14. The van der Waals surface area contributed by atoms with Gasteiger partial charge in [0.2, 0.25) is 10.0 Å². The van der Waals surface area contributed by atoms with E-state index in [1.807, 2.05) is 32.3 Å². The van der Waals surface area contributed by atoms with E-state index in [0.29, 0.717) is 31.2 Å². The minimum Gasteiger partial charge on any atom is -0.379 e. The van der Waals surface area contributed by atoms with Gasteiger partial charge >= 0.3 is 0 Å². The number of sulfonamides is 1. The largest absolute Gasteiger partial charge is 0.379 e. The summed E-state index contributed by atoms with van der Waals surface area (Å²) in [7, 11) is -1.47. The van der Waals surface area contributed by atoms with E-state index in [0.717, 1.165) is 16.8 Å². The highest BCUT2D eigenvalue weighted by Gasteiger charge is 2.26. The van der Waals surface area contributed by atoms with Gasteiger partial charge in [0.25, 0.3) is 0 Å². The topological polar surface area (TPSA) is 63.6 Å². The number of nitrogens with zero attached hydrogens (tertiary/aromatic N) is 2. The molecule has 0 amide bonds. The number of aromatic nitrogens is 1. The molecule has 0 saturated carbocycles. The number of morpholine rings is 1. The van der Waals surface area contributed by atoms with Gasteiger partial charge in [-0.3, -0.25) is 0 Å². The van der Waals surface area contributed by atoms with Gasteiger partial charge in [-0.2, -0.15) is 4.31 Å². The molecular weight excluding hydrogens is 374 g/mol. The number of hydrogen-bond donors (Lipinski definition) is 1. The fraction of sp³-hybridized carbons (Fsp3) is 0.333. The number of aryl methyl sites for hydroxylation is 1. The van der Waals surface area contributed by atoms with Crippen molar-refractivity contribution in [1.29, 1.82) is 0 Å². The van der Waals surface area contributed by atoms with Gasteiger partial charge in [-0.05, 0) is 48.2 Å². The molecule has 4 rings (SSSR count). The fourth-order valence-corrected chi connectivity index (χ4v) is 5.03. The lowest BCUT2D eigenvalue weighted by atomic mass is 10.1. The summed E-state index contributed by atoms with van der Waals surface area (Å²) in [5.74, 6) is 0. The van der Waals surface area contributed by atoms with Gasteiger partial charge in [0.05, 0.1) is 18.1 Å². The van der Waals surface area contributed by atoms with Crippen molar-refractivity contribution in [3.63, 3.8) is 0 Å². The van der Waals surface area contributed by atoms with Crippen LogP contribution in [0.1, 0.15) is 18.5 Å². The van der Waals surface area contributed by atoms with Crippen molar-refractivity contribution in [3.05, 3.63) is 60.3 Å². The number of rotatable bonds is 5. The van der Waals surface area contributed by atoms with Crippen molar-refractivity contribution >= 4 is 26.6 Å². The predicted octanol–water partition coefficient (Wildman–Crippen LogP) is 3.37. The first-order valence-electron chi connectivity index (χ1n) is 9.44. The monoisotopic (exact) mass is 399 g/mol. The average molecular weight is 400 g/mol. The highest BCUT2D eigenvalue weighted by atomic mass is 32.2. The fourth-order valence-electron chi connectivity index (χ4n) is 3.57. The minimum absolute atomic E-state index is 0.0300. The number of anilines is 1. The van der Waals surface area contributed by atoms with E-state index in [4.69, 9.17) is 4.74 Å². The number of fused-ring (bicyclic) bond motifs is 1. The second-order valence-corrected chi connectivity index (χ2v) is 9.09. The summed E-state index contributed by atoms with van der Waals surface area (Å²) in [4.78, 5) is 0.332. The van der Waals surface area contributed by atoms with Crippen LogP contribution in [0, 0.1) is 0 Å². The summed E-state index contributed by atoms with van der Waals surface area (Å²) in [5.41, 5.74) is 3.09. The van der Waals surface area contributed by atoms with Crippen LogP contribution in [0.25, 0.3) is 10.9 Å². The van der Waals surface area contributed by atoms with Gasteiger partial charge in [-0.1, -0.05) is 18.2 Å². The van der Waals surface area contributed by atoms with Crippen molar-refractivity contribution in [1.82, 2.24) is 8.87 Å².